The molecule has 16 heavy (non-hydrogen) atoms. The van der Waals surface area contributed by atoms with E-state index in [1.54, 1.807) is 0 Å². The van der Waals surface area contributed by atoms with Crippen LogP contribution >= 0.6 is 0 Å². The molecular formula is C14H23NO. The maximum atomic E-state index is 11.2. The molecule has 3 aliphatic rings. The summed E-state index contributed by atoms with van der Waals surface area (Å²) in [5.41, 5.74) is 0.686. The average molecular weight is 221 g/mol. The maximum Gasteiger partial charge on any atom is 0.137 e. The van der Waals surface area contributed by atoms with Crippen molar-refractivity contribution in [2.75, 3.05) is 6.54 Å². The minimum absolute atomic E-state index is 0.145. The Hall–Kier alpha value is -0.370. The molecule has 0 unspecified atom stereocenters. The van der Waals surface area contributed by atoms with Gasteiger partial charge >= 0.3 is 0 Å². The van der Waals surface area contributed by atoms with Gasteiger partial charge in [-0.3, -0.25) is 4.90 Å². The van der Waals surface area contributed by atoms with Crippen molar-refractivity contribution in [3.8, 4) is 0 Å². The molecule has 2 heteroatoms. The molecule has 0 amide bonds. The number of carbonyl (C=O) groups is 1. The number of hydrogen-bond donors (Lipinski definition) is 0. The number of rotatable bonds is 2. The van der Waals surface area contributed by atoms with Crippen molar-refractivity contribution in [2.24, 2.45) is 17.3 Å². The van der Waals surface area contributed by atoms with Crippen molar-refractivity contribution in [1.82, 2.24) is 4.90 Å². The molecule has 3 atom stereocenters. The highest BCUT2D eigenvalue weighted by molar-refractivity contribution is 5.59. The van der Waals surface area contributed by atoms with E-state index in [2.05, 4.69) is 25.7 Å². The zero-order valence-electron chi connectivity index (χ0n) is 10.7. The Labute approximate surface area is 98.4 Å². The standard InChI is InChI=1S/C14H23NO/c1-13(2,3)15-9-14(6-11(15)8-16)7-12(14)10-4-5-10/h8,10-12H,4-7,9H2,1-3H3/t11-,12-,14-/m0/s1. The summed E-state index contributed by atoms with van der Waals surface area (Å²) in [5.74, 6) is 1.98. The van der Waals surface area contributed by atoms with Gasteiger partial charge in [0.25, 0.3) is 0 Å². The molecule has 3 rings (SSSR count). The highest BCUT2D eigenvalue weighted by Crippen LogP contribution is 2.67. The van der Waals surface area contributed by atoms with E-state index in [-0.39, 0.29) is 11.6 Å². The van der Waals surface area contributed by atoms with Crippen LogP contribution in [0.1, 0.15) is 46.5 Å². The predicted octanol–water partition coefficient (Wildman–Crippen LogP) is 2.47. The van der Waals surface area contributed by atoms with Crippen LogP contribution in [0, 0.1) is 17.3 Å². The van der Waals surface area contributed by atoms with Crippen molar-refractivity contribution in [3.63, 3.8) is 0 Å². The molecule has 0 aromatic heterocycles. The maximum absolute atomic E-state index is 11.2. The Kier molecular flexibility index (Phi) is 2.08. The second-order valence-corrected chi connectivity index (χ2v) is 7.22. The molecule has 0 bridgehead atoms. The van der Waals surface area contributed by atoms with Gasteiger partial charge in [0.05, 0.1) is 6.04 Å². The number of nitrogens with zero attached hydrogens (tertiary/aromatic N) is 1. The van der Waals surface area contributed by atoms with Crippen LogP contribution < -0.4 is 0 Å². The van der Waals surface area contributed by atoms with Gasteiger partial charge in [0.15, 0.2) is 0 Å². The van der Waals surface area contributed by atoms with Gasteiger partial charge in [0.1, 0.15) is 6.29 Å². The van der Waals surface area contributed by atoms with Crippen LogP contribution in [0.25, 0.3) is 0 Å². The molecular weight excluding hydrogens is 198 g/mol. The van der Waals surface area contributed by atoms with Gasteiger partial charge in [-0.1, -0.05) is 0 Å². The number of aldehydes is 1. The van der Waals surface area contributed by atoms with Crippen molar-refractivity contribution in [3.05, 3.63) is 0 Å². The molecule has 0 aromatic carbocycles. The fraction of sp³-hybridized carbons (Fsp3) is 0.929. The first-order chi connectivity index (χ1) is 7.46. The molecule has 0 N–H and O–H groups in total. The van der Waals surface area contributed by atoms with E-state index >= 15 is 0 Å². The number of hydrogen-bond acceptors (Lipinski definition) is 2. The molecule has 1 spiro atoms. The lowest BCUT2D eigenvalue weighted by Crippen LogP contribution is -2.45. The molecule has 2 aliphatic carbocycles. The topological polar surface area (TPSA) is 20.3 Å². The van der Waals surface area contributed by atoms with Crippen LogP contribution in [0.2, 0.25) is 0 Å². The Morgan fingerprint density at radius 2 is 1.94 bits per heavy atom. The van der Waals surface area contributed by atoms with E-state index in [1.165, 1.54) is 32.1 Å². The lowest BCUT2D eigenvalue weighted by Gasteiger charge is -2.34. The number of likely N-dealkylation sites (tertiary alicyclic amines) is 1. The van der Waals surface area contributed by atoms with Crippen molar-refractivity contribution >= 4 is 6.29 Å². The highest BCUT2D eigenvalue weighted by atomic mass is 16.1. The molecule has 1 aliphatic heterocycles. The first-order valence-corrected chi connectivity index (χ1v) is 6.68. The van der Waals surface area contributed by atoms with Crippen LogP contribution in [0.5, 0.6) is 0 Å². The summed E-state index contributed by atoms with van der Waals surface area (Å²) < 4.78 is 0. The smallest absolute Gasteiger partial charge is 0.137 e. The van der Waals surface area contributed by atoms with Crippen LogP contribution in [-0.2, 0) is 4.79 Å². The quantitative estimate of drug-likeness (QED) is 0.668. The van der Waals surface area contributed by atoms with E-state index in [0.29, 0.717) is 5.41 Å². The third kappa shape index (κ3) is 1.54. The fourth-order valence-corrected chi connectivity index (χ4v) is 3.86. The lowest BCUT2D eigenvalue weighted by molar-refractivity contribution is -0.113. The second-order valence-electron chi connectivity index (χ2n) is 7.22. The normalized spacial score (nSPS) is 43.9. The van der Waals surface area contributed by atoms with E-state index < -0.39 is 0 Å². The summed E-state index contributed by atoms with van der Waals surface area (Å²) >= 11 is 0. The van der Waals surface area contributed by atoms with E-state index in [9.17, 15) is 4.79 Å². The Morgan fingerprint density at radius 1 is 1.25 bits per heavy atom. The van der Waals surface area contributed by atoms with Gasteiger partial charge in [0, 0.05) is 12.1 Å². The Bertz CT molecular complexity index is 315. The first kappa shape index (κ1) is 10.8. The summed E-state index contributed by atoms with van der Waals surface area (Å²) in [5, 5.41) is 0. The van der Waals surface area contributed by atoms with Crippen molar-refractivity contribution in [2.45, 2.75) is 58.0 Å². The van der Waals surface area contributed by atoms with E-state index in [4.69, 9.17) is 0 Å². The van der Waals surface area contributed by atoms with E-state index in [1.807, 2.05) is 0 Å². The van der Waals surface area contributed by atoms with Crippen LogP contribution in [0.3, 0.4) is 0 Å². The molecule has 0 aromatic rings. The fourth-order valence-electron chi connectivity index (χ4n) is 3.86. The minimum Gasteiger partial charge on any atom is -0.302 e. The van der Waals surface area contributed by atoms with Crippen molar-refractivity contribution in [1.29, 1.82) is 0 Å². The third-order valence-electron chi connectivity index (χ3n) is 4.96. The van der Waals surface area contributed by atoms with Gasteiger partial charge < -0.3 is 4.79 Å². The molecule has 1 heterocycles. The second kappa shape index (κ2) is 3.10. The summed E-state index contributed by atoms with van der Waals surface area (Å²) in [4.78, 5) is 13.7. The summed E-state index contributed by atoms with van der Waals surface area (Å²) in [6.07, 6.45) is 6.62. The SMILES string of the molecule is CC(C)(C)N1C[C@]2(C[C@H]1C=O)C[C@H]2C1CC1. The average Bonchev–Trinajstić information content (AvgIpc) is 3.02. The minimum atomic E-state index is 0.145. The highest BCUT2D eigenvalue weighted by Gasteiger charge is 2.64. The Morgan fingerprint density at radius 3 is 2.38 bits per heavy atom. The van der Waals surface area contributed by atoms with Crippen LogP contribution in [-0.4, -0.2) is 29.3 Å². The molecule has 2 nitrogen and oxygen atoms in total. The Balaban J connectivity index is 1.75. The van der Waals surface area contributed by atoms with Crippen molar-refractivity contribution < 1.29 is 4.79 Å². The summed E-state index contributed by atoms with van der Waals surface area (Å²) in [6.45, 7) is 7.87. The zero-order valence-corrected chi connectivity index (χ0v) is 10.7. The van der Waals surface area contributed by atoms with E-state index in [0.717, 1.165) is 18.3 Å². The third-order valence-corrected chi connectivity index (χ3v) is 4.96. The van der Waals surface area contributed by atoms with Crippen LogP contribution in [0.4, 0.5) is 0 Å². The predicted molar refractivity (Wildman–Crippen MR) is 64.2 cm³/mol. The monoisotopic (exact) mass is 221 g/mol. The van der Waals surface area contributed by atoms with Gasteiger partial charge in [-0.15, -0.1) is 0 Å². The van der Waals surface area contributed by atoms with Gasteiger partial charge in [0.2, 0.25) is 0 Å². The number of carbonyl (C=O) groups excluding carboxylic acids is 1. The summed E-state index contributed by atoms with van der Waals surface area (Å²) in [6, 6.07) is 0.184. The molecule has 1 saturated heterocycles. The molecule has 0 radical (unpaired) electrons. The first-order valence-electron chi connectivity index (χ1n) is 6.68. The largest absolute Gasteiger partial charge is 0.302 e. The molecule has 2 saturated carbocycles. The molecule has 3 fully saturated rings. The zero-order chi connectivity index (χ0) is 11.6. The molecule has 90 valence electrons. The van der Waals surface area contributed by atoms with Gasteiger partial charge in [-0.2, -0.15) is 0 Å². The van der Waals surface area contributed by atoms with Gasteiger partial charge in [-0.05, 0) is 63.7 Å². The lowest BCUT2D eigenvalue weighted by atomic mass is 9.98. The summed E-state index contributed by atoms with van der Waals surface area (Å²) in [7, 11) is 0. The van der Waals surface area contributed by atoms with Crippen LogP contribution in [0.15, 0.2) is 0 Å². The van der Waals surface area contributed by atoms with Gasteiger partial charge in [-0.25, -0.2) is 0 Å².